The first-order valence-electron chi connectivity index (χ1n) is 9.95. The number of furan rings is 1. The molecule has 8 heteroatoms. The largest absolute Gasteiger partial charge is 0.496 e. The Kier molecular flexibility index (Phi) is 6.36. The topological polar surface area (TPSA) is 108 Å². The predicted octanol–water partition coefficient (Wildman–Crippen LogP) is 3.94. The summed E-state index contributed by atoms with van der Waals surface area (Å²) in [5.74, 6) is 0.170. The Labute approximate surface area is 188 Å². The Morgan fingerprint density at radius 2 is 1.91 bits per heavy atom. The van der Waals surface area contributed by atoms with Crippen LogP contribution in [0.5, 0.6) is 11.5 Å². The molecule has 1 N–H and O–H groups in total. The molecule has 0 saturated carbocycles. The number of amides is 1. The van der Waals surface area contributed by atoms with Crippen molar-refractivity contribution in [2.45, 2.75) is 6.54 Å². The molecule has 8 nitrogen and oxygen atoms in total. The molecule has 0 fully saturated rings. The molecule has 166 valence electrons. The van der Waals surface area contributed by atoms with Crippen LogP contribution < -0.4 is 20.4 Å². The third-order valence-corrected chi connectivity index (χ3v) is 4.71. The van der Waals surface area contributed by atoms with Crippen LogP contribution in [0.15, 0.2) is 86.6 Å². The van der Waals surface area contributed by atoms with Gasteiger partial charge in [0.25, 0.3) is 5.91 Å². The van der Waals surface area contributed by atoms with E-state index in [1.165, 1.54) is 24.5 Å². The minimum absolute atomic E-state index is 0.139. The van der Waals surface area contributed by atoms with Crippen LogP contribution in [0.3, 0.4) is 0 Å². The number of para-hydroxylation sites is 1. The summed E-state index contributed by atoms with van der Waals surface area (Å²) in [4.78, 5) is 36.9. The highest BCUT2D eigenvalue weighted by Crippen LogP contribution is 2.22. The van der Waals surface area contributed by atoms with Crippen LogP contribution in [0.4, 0.5) is 0 Å². The minimum Gasteiger partial charge on any atom is -0.496 e. The highest BCUT2D eigenvalue weighted by atomic mass is 16.5. The zero-order valence-corrected chi connectivity index (χ0v) is 17.6. The Morgan fingerprint density at radius 1 is 1.06 bits per heavy atom. The summed E-state index contributed by atoms with van der Waals surface area (Å²) < 4.78 is 21.0. The van der Waals surface area contributed by atoms with Gasteiger partial charge in [0.2, 0.25) is 0 Å². The number of methoxy groups -OCH3 is 1. The lowest BCUT2D eigenvalue weighted by Crippen LogP contribution is -2.27. The Bertz CT molecular complexity index is 1380. The molecule has 2 heterocycles. The van der Waals surface area contributed by atoms with E-state index in [4.69, 9.17) is 18.3 Å². The SMILES string of the molecule is COc1ccccc1/C=C/C(=O)Oc1ccc2cc(C(=O)NCc3ccco3)c(=O)oc2c1. The summed E-state index contributed by atoms with van der Waals surface area (Å²) in [6.07, 6.45) is 4.34. The van der Waals surface area contributed by atoms with Crippen molar-refractivity contribution in [3.8, 4) is 11.5 Å². The van der Waals surface area contributed by atoms with Crippen LogP contribution >= 0.6 is 0 Å². The minimum atomic E-state index is -0.806. The van der Waals surface area contributed by atoms with E-state index in [1.807, 2.05) is 12.1 Å². The maximum Gasteiger partial charge on any atom is 0.349 e. The molecule has 4 aromatic rings. The highest BCUT2D eigenvalue weighted by Gasteiger charge is 2.15. The summed E-state index contributed by atoms with van der Waals surface area (Å²) in [7, 11) is 1.54. The lowest BCUT2D eigenvalue weighted by atomic mass is 10.1. The monoisotopic (exact) mass is 445 g/mol. The molecule has 0 saturated heterocycles. The Morgan fingerprint density at radius 3 is 2.70 bits per heavy atom. The quantitative estimate of drug-likeness (QED) is 0.199. The van der Waals surface area contributed by atoms with Crippen molar-refractivity contribution in [2.75, 3.05) is 7.11 Å². The molecule has 33 heavy (non-hydrogen) atoms. The molecule has 0 aliphatic heterocycles. The van der Waals surface area contributed by atoms with E-state index in [0.717, 1.165) is 5.56 Å². The Balaban J connectivity index is 1.47. The van der Waals surface area contributed by atoms with Crippen LogP contribution in [0.2, 0.25) is 0 Å². The molecular weight excluding hydrogens is 426 g/mol. The zero-order chi connectivity index (χ0) is 23.2. The fraction of sp³-hybridized carbons (Fsp3) is 0.0800. The number of carbonyl (C=O) groups excluding carboxylic acids is 2. The van der Waals surface area contributed by atoms with Crippen molar-refractivity contribution >= 4 is 28.9 Å². The van der Waals surface area contributed by atoms with E-state index in [9.17, 15) is 14.4 Å². The average molecular weight is 445 g/mol. The van der Waals surface area contributed by atoms with Crippen molar-refractivity contribution in [3.05, 3.63) is 100 Å². The zero-order valence-electron chi connectivity index (χ0n) is 17.6. The standard InChI is InChI=1S/C25H19NO7/c1-30-21-7-3-2-5-16(21)9-11-23(27)32-18-10-8-17-13-20(25(29)33-22(17)14-18)24(28)26-15-19-6-4-12-31-19/h2-14H,15H2,1H3,(H,26,28)/b11-9+. The number of ether oxygens (including phenoxy) is 2. The van der Waals surface area contributed by atoms with E-state index in [2.05, 4.69) is 5.32 Å². The first kappa shape index (κ1) is 21.6. The van der Waals surface area contributed by atoms with Gasteiger partial charge in [-0.1, -0.05) is 18.2 Å². The van der Waals surface area contributed by atoms with Gasteiger partial charge in [-0.05, 0) is 42.5 Å². The van der Waals surface area contributed by atoms with Crippen molar-refractivity contribution in [1.82, 2.24) is 5.32 Å². The molecule has 0 aliphatic rings. The van der Waals surface area contributed by atoms with Gasteiger partial charge in [-0.3, -0.25) is 4.79 Å². The van der Waals surface area contributed by atoms with Crippen LogP contribution in [0.25, 0.3) is 17.0 Å². The van der Waals surface area contributed by atoms with E-state index < -0.39 is 17.5 Å². The lowest BCUT2D eigenvalue weighted by Gasteiger charge is -2.06. The number of esters is 1. The maximum atomic E-state index is 12.4. The fourth-order valence-corrected chi connectivity index (χ4v) is 3.10. The first-order chi connectivity index (χ1) is 16.0. The predicted molar refractivity (Wildman–Crippen MR) is 120 cm³/mol. The second kappa shape index (κ2) is 9.69. The fourth-order valence-electron chi connectivity index (χ4n) is 3.10. The highest BCUT2D eigenvalue weighted by molar-refractivity contribution is 5.97. The summed E-state index contributed by atoms with van der Waals surface area (Å²) in [6, 6.07) is 16.6. The first-order valence-corrected chi connectivity index (χ1v) is 9.95. The summed E-state index contributed by atoms with van der Waals surface area (Å²) in [6.45, 7) is 0.139. The van der Waals surface area contributed by atoms with Gasteiger partial charge in [0.15, 0.2) is 0 Å². The molecule has 2 aromatic carbocycles. The van der Waals surface area contributed by atoms with Crippen molar-refractivity contribution in [3.63, 3.8) is 0 Å². The normalized spacial score (nSPS) is 10.9. The van der Waals surface area contributed by atoms with Gasteiger partial charge >= 0.3 is 11.6 Å². The summed E-state index contributed by atoms with van der Waals surface area (Å²) in [5.41, 5.74) is -0.0431. The number of benzene rings is 2. The maximum absolute atomic E-state index is 12.4. The molecule has 0 atom stereocenters. The van der Waals surface area contributed by atoms with Crippen molar-refractivity contribution in [2.24, 2.45) is 0 Å². The molecule has 0 bridgehead atoms. The number of hydrogen-bond donors (Lipinski definition) is 1. The van der Waals surface area contributed by atoms with Gasteiger partial charge in [0, 0.05) is 23.1 Å². The lowest BCUT2D eigenvalue weighted by molar-refractivity contribution is -0.128. The third kappa shape index (κ3) is 5.19. The molecular formula is C25H19NO7. The van der Waals surface area contributed by atoms with Gasteiger partial charge < -0.3 is 23.6 Å². The van der Waals surface area contributed by atoms with Gasteiger partial charge in [0.1, 0.15) is 28.4 Å². The summed E-state index contributed by atoms with van der Waals surface area (Å²) in [5, 5.41) is 3.10. The van der Waals surface area contributed by atoms with Crippen LogP contribution in [0, 0.1) is 0 Å². The van der Waals surface area contributed by atoms with Crippen LogP contribution in [-0.4, -0.2) is 19.0 Å². The van der Waals surface area contributed by atoms with E-state index >= 15 is 0 Å². The van der Waals surface area contributed by atoms with Gasteiger partial charge in [-0.15, -0.1) is 0 Å². The molecule has 2 aromatic heterocycles. The molecule has 0 spiro atoms. The number of carbonyl (C=O) groups is 2. The van der Waals surface area contributed by atoms with Gasteiger partial charge in [-0.25, -0.2) is 9.59 Å². The Hall–Kier alpha value is -4.59. The van der Waals surface area contributed by atoms with Gasteiger partial charge in [-0.2, -0.15) is 0 Å². The van der Waals surface area contributed by atoms with E-state index in [1.54, 1.807) is 49.6 Å². The van der Waals surface area contributed by atoms with Gasteiger partial charge in [0.05, 0.1) is 19.9 Å². The second-order valence-electron chi connectivity index (χ2n) is 6.91. The number of rotatable bonds is 7. The van der Waals surface area contributed by atoms with Crippen molar-refractivity contribution < 1.29 is 27.9 Å². The molecule has 0 unspecified atom stereocenters. The molecule has 0 radical (unpaired) electrons. The number of fused-ring (bicyclic) bond motifs is 1. The summed E-state index contributed by atoms with van der Waals surface area (Å²) >= 11 is 0. The van der Waals surface area contributed by atoms with E-state index in [0.29, 0.717) is 16.9 Å². The van der Waals surface area contributed by atoms with E-state index in [-0.39, 0.29) is 23.4 Å². The second-order valence-corrected chi connectivity index (χ2v) is 6.91. The molecule has 0 aliphatic carbocycles. The number of nitrogens with one attached hydrogen (secondary N) is 1. The molecule has 4 rings (SSSR count). The average Bonchev–Trinajstić information content (AvgIpc) is 3.34. The molecule has 1 amide bonds. The van der Waals surface area contributed by atoms with Crippen molar-refractivity contribution in [1.29, 1.82) is 0 Å². The third-order valence-electron chi connectivity index (χ3n) is 4.71. The van der Waals surface area contributed by atoms with Crippen LogP contribution in [0.1, 0.15) is 21.7 Å². The smallest absolute Gasteiger partial charge is 0.349 e. The van der Waals surface area contributed by atoms with Crippen LogP contribution in [-0.2, 0) is 11.3 Å². The number of hydrogen-bond acceptors (Lipinski definition) is 7.